The number of ether oxygens (including phenoxy) is 1. The number of rotatable bonds is 5. The van der Waals surface area contributed by atoms with Crippen molar-refractivity contribution in [3.63, 3.8) is 0 Å². The highest BCUT2D eigenvalue weighted by atomic mass is 79.9. The largest absolute Gasteiger partial charge is 0.497 e. The number of methoxy groups -OCH3 is 1. The summed E-state index contributed by atoms with van der Waals surface area (Å²) in [6.45, 7) is 3.01. The maximum absolute atomic E-state index is 6.08. The number of halogens is 2. The maximum Gasteiger partial charge on any atom is 0.119 e. The zero-order chi connectivity index (χ0) is 15.4. The maximum atomic E-state index is 6.08. The minimum Gasteiger partial charge on any atom is -0.497 e. The Morgan fingerprint density at radius 1 is 1.24 bits per heavy atom. The second-order valence-electron chi connectivity index (χ2n) is 5.10. The van der Waals surface area contributed by atoms with Gasteiger partial charge >= 0.3 is 0 Å². The molecule has 0 bridgehead atoms. The van der Waals surface area contributed by atoms with E-state index in [9.17, 15) is 0 Å². The third-order valence-electron chi connectivity index (χ3n) is 3.66. The molecule has 1 atom stereocenters. The van der Waals surface area contributed by atoms with Gasteiger partial charge in [0.05, 0.1) is 7.11 Å². The van der Waals surface area contributed by atoms with Gasteiger partial charge in [-0.25, -0.2) is 0 Å². The van der Waals surface area contributed by atoms with Crippen molar-refractivity contribution < 1.29 is 4.74 Å². The molecule has 0 aliphatic rings. The second kappa shape index (κ2) is 7.30. The molecule has 4 heteroatoms. The molecule has 21 heavy (non-hydrogen) atoms. The quantitative estimate of drug-likeness (QED) is 0.709. The van der Waals surface area contributed by atoms with Gasteiger partial charge in [0.25, 0.3) is 0 Å². The van der Waals surface area contributed by atoms with Crippen LogP contribution >= 0.6 is 27.5 Å². The van der Waals surface area contributed by atoms with E-state index in [0.717, 1.165) is 21.8 Å². The van der Waals surface area contributed by atoms with Crippen molar-refractivity contribution in [1.29, 1.82) is 0 Å². The van der Waals surface area contributed by atoms with Crippen molar-refractivity contribution in [1.82, 2.24) is 4.90 Å². The molecule has 0 aliphatic carbocycles. The predicted octanol–water partition coefficient (Wildman–Crippen LogP) is 5.30. The van der Waals surface area contributed by atoms with E-state index >= 15 is 0 Å². The molecule has 0 aliphatic heterocycles. The molecule has 0 heterocycles. The van der Waals surface area contributed by atoms with Crippen LogP contribution in [0.2, 0.25) is 5.02 Å². The third-order valence-corrected chi connectivity index (χ3v) is 4.67. The summed E-state index contributed by atoms with van der Waals surface area (Å²) in [5.74, 6) is 0.872. The standard InChI is InChI=1S/C17H19BrClNO/c1-12(13-5-4-6-15(19)9-13)20(2)11-14-10-16(21-3)7-8-17(14)18/h4-10,12H,11H2,1-3H3. The first-order valence-electron chi connectivity index (χ1n) is 6.79. The van der Waals surface area contributed by atoms with Crippen molar-refractivity contribution in [2.45, 2.75) is 19.5 Å². The second-order valence-corrected chi connectivity index (χ2v) is 6.39. The normalized spacial score (nSPS) is 12.5. The molecule has 0 aromatic heterocycles. The lowest BCUT2D eigenvalue weighted by Crippen LogP contribution is -2.22. The van der Waals surface area contributed by atoms with Crippen LogP contribution in [0.3, 0.4) is 0 Å². The Morgan fingerprint density at radius 2 is 2.00 bits per heavy atom. The van der Waals surface area contributed by atoms with Crippen molar-refractivity contribution in [3.05, 3.63) is 63.1 Å². The summed E-state index contributed by atoms with van der Waals surface area (Å²) in [5, 5.41) is 0.773. The van der Waals surface area contributed by atoms with E-state index in [0.29, 0.717) is 0 Å². The van der Waals surface area contributed by atoms with Gasteiger partial charge in [-0.2, -0.15) is 0 Å². The van der Waals surface area contributed by atoms with Crippen LogP contribution in [0.1, 0.15) is 24.1 Å². The molecular weight excluding hydrogens is 350 g/mol. The Balaban J connectivity index is 2.15. The highest BCUT2D eigenvalue weighted by molar-refractivity contribution is 9.10. The van der Waals surface area contributed by atoms with Gasteiger partial charge in [0.15, 0.2) is 0 Å². The number of hydrogen-bond donors (Lipinski definition) is 0. The molecule has 0 radical (unpaired) electrons. The van der Waals surface area contributed by atoms with Crippen molar-refractivity contribution in [3.8, 4) is 5.75 Å². The topological polar surface area (TPSA) is 12.5 Å². The lowest BCUT2D eigenvalue weighted by Gasteiger charge is -2.26. The summed E-state index contributed by atoms with van der Waals surface area (Å²) in [7, 11) is 3.79. The van der Waals surface area contributed by atoms with Crippen LogP contribution in [-0.2, 0) is 6.54 Å². The zero-order valence-electron chi connectivity index (χ0n) is 12.4. The third kappa shape index (κ3) is 4.22. The van der Waals surface area contributed by atoms with Crippen LogP contribution < -0.4 is 4.74 Å². The Bertz CT molecular complexity index is 617. The minimum absolute atomic E-state index is 0.279. The lowest BCUT2D eigenvalue weighted by atomic mass is 10.1. The van der Waals surface area contributed by atoms with Crippen LogP contribution in [-0.4, -0.2) is 19.1 Å². The average molecular weight is 369 g/mol. The van der Waals surface area contributed by atoms with Crippen LogP contribution in [0, 0.1) is 0 Å². The molecule has 0 saturated carbocycles. The van der Waals surface area contributed by atoms with E-state index in [-0.39, 0.29) is 6.04 Å². The first kappa shape index (κ1) is 16.3. The van der Waals surface area contributed by atoms with Gasteiger partial charge in [-0.05, 0) is 55.4 Å². The summed E-state index contributed by atoms with van der Waals surface area (Å²) in [4.78, 5) is 2.28. The molecule has 112 valence electrons. The molecule has 0 amide bonds. The van der Waals surface area contributed by atoms with Gasteiger partial charge in [0.2, 0.25) is 0 Å². The van der Waals surface area contributed by atoms with E-state index in [1.165, 1.54) is 11.1 Å². The zero-order valence-corrected chi connectivity index (χ0v) is 14.8. The molecule has 0 saturated heterocycles. The van der Waals surface area contributed by atoms with E-state index < -0.39 is 0 Å². The smallest absolute Gasteiger partial charge is 0.119 e. The minimum atomic E-state index is 0.279. The monoisotopic (exact) mass is 367 g/mol. The van der Waals surface area contributed by atoms with E-state index in [2.05, 4.69) is 46.9 Å². The summed E-state index contributed by atoms with van der Waals surface area (Å²) in [5.41, 5.74) is 2.41. The molecule has 2 nitrogen and oxygen atoms in total. The number of hydrogen-bond acceptors (Lipinski definition) is 2. The van der Waals surface area contributed by atoms with Gasteiger partial charge in [-0.1, -0.05) is 39.7 Å². The number of nitrogens with zero attached hydrogens (tertiary/aromatic N) is 1. The van der Waals surface area contributed by atoms with Gasteiger partial charge in [0.1, 0.15) is 5.75 Å². The fourth-order valence-corrected chi connectivity index (χ4v) is 2.80. The summed E-state index contributed by atoms with van der Waals surface area (Å²) < 4.78 is 6.39. The van der Waals surface area contributed by atoms with Gasteiger partial charge < -0.3 is 4.74 Å². The van der Waals surface area contributed by atoms with Crippen LogP contribution in [0.5, 0.6) is 5.75 Å². The fourth-order valence-electron chi connectivity index (χ4n) is 2.23. The summed E-state index contributed by atoms with van der Waals surface area (Å²) in [6, 6.07) is 14.3. The lowest BCUT2D eigenvalue weighted by molar-refractivity contribution is 0.252. The van der Waals surface area contributed by atoms with Gasteiger partial charge in [-0.15, -0.1) is 0 Å². The SMILES string of the molecule is COc1ccc(Br)c(CN(C)C(C)c2cccc(Cl)c2)c1. The van der Waals surface area contributed by atoms with Crippen LogP contribution in [0.25, 0.3) is 0 Å². The van der Waals surface area contributed by atoms with Gasteiger partial charge in [0, 0.05) is 22.1 Å². The predicted molar refractivity (Wildman–Crippen MR) is 92.0 cm³/mol. The molecule has 0 spiro atoms. The molecule has 2 aromatic carbocycles. The highest BCUT2D eigenvalue weighted by Gasteiger charge is 2.14. The van der Waals surface area contributed by atoms with Crippen molar-refractivity contribution >= 4 is 27.5 Å². The first-order valence-corrected chi connectivity index (χ1v) is 7.96. The molecule has 0 N–H and O–H groups in total. The van der Waals surface area contributed by atoms with Crippen LogP contribution in [0.4, 0.5) is 0 Å². The Kier molecular flexibility index (Phi) is 5.68. The average Bonchev–Trinajstić information content (AvgIpc) is 2.48. The molecule has 0 fully saturated rings. The van der Waals surface area contributed by atoms with Gasteiger partial charge in [-0.3, -0.25) is 4.90 Å². The Hall–Kier alpha value is -1.03. The Morgan fingerprint density at radius 3 is 2.67 bits per heavy atom. The fraction of sp³-hybridized carbons (Fsp3) is 0.294. The van der Waals surface area contributed by atoms with Crippen molar-refractivity contribution in [2.24, 2.45) is 0 Å². The summed E-state index contributed by atoms with van der Waals surface area (Å²) >= 11 is 9.68. The highest BCUT2D eigenvalue weighted by Crippen LogP contribution is 2.27. The van der Waals surface area contributed by atoms with E-state index in [1.54, 1.807) is 7.11 Å². The summed E-state index contributed by atoms with van der Waals surface area (Å²) in [6.07, 6.45) is 0. The van der Waals surface area contributed by atoms with Crippen LogP contribution in [0.15, 0.2) is 46.9 Å². The van der Waals surface area contributed by atoms with E-state index in [1.807, 2.05) is 30.3 Å². The molecule has 1 unspecified atom stereocenters. The molecule has 2 rings (SSSR count). The Labute approximate surface area is 139 Å². The van der Waals surface area contributed by atoms with E-state index in [4.69, 9.17) is 16.3 Å². The van der Waals surface area contributed by atoms with Crippen molar-refractivity contribution in [2.75, 3.05) is 14.2 Å². The number of benzene rings is 2. The first-order chi connectivity index (χ1) is 10.0. The molecule has 2 aromatic rings. The molecular formula is C17H19BrClNO.